The molecule has 0 aliphatic carbocycles. The molecular weight excluding hydrogens is 416 g/mol. The van der Waals surface area contributed by atoms with Crippen LogP contribution in [-0.4, -0.2) is 40.7 Å². The Morgan fingerprint density at radius 1 is 1.38 bits per heavy atom. The Bertz CT molecular complexity index is 1050. The molecule has 2 aromatic heterocycles. The average Bonchev–Trinajstić information content (AvgIpc) is 3.46. The van der Waals surface area contributed by atoms with Crippen LogP contribution < -0.4 is 5.32 Å². The summed E-state index contributed by atoms with van der Waals surface area (Å²) < 4.78 is 10.2. The molecule has 1 aliphatic heterocycles. The van der Waals surface area contributed by atoms with Crippen molar-refractivity contribution in [1.82, 2.24) is 15.0 Å². The molecule has 0 bridgehead atoms. The maximum Gasteiger partial charge on any atom is 0.350 e. The molecule has 0 saturated carbocycles. The number of hydrogen-bond donors (Lipinski definition) is 1. The van der Waals surface area contributed by atoms with Crippen LogP contribution in [0.4, 0.5) is 10.5 Å². The fourth-order valence-corrected chi connectivity index (χ4v) is 4.18. The van der Waals surface area contributed by atoms with Gasteiger partial charge in [-0.25, -0.2) is 9.59 Å². The van der Waals surface area contributed by atoms with E-state index in [9.17, 15) is 9.59 Å². The lowest BCUT2D eigenvalue weighted by Gasteiger charge is -2.22. The predicted octanol–water partition coefficient (Wildman–Crippen LogP) is 4.61. The van der Waals surface area contributed by atoms with Crippen molar-refractivity contribution in [2.75, 3.05) is 19.0 Å². The molecule has 29 heavy (non-hydrogen) atoms. The van der Waals surface area contributed by atoms with Crippen molar-refractivity contribution in [2.24, 2.45) is 0 Å². The zero-order chi connectivity index (χ0) is 20.4. The Hall–Kier alpha value is -2.91. The highest BCUT2D eigenvalue weighted by atomic mass is 35.5. The number of amides is 2. The largest absolute Gasteiger partial charge is 0.465 e. The van der Waals surface area contributed by atoms with Crippen LogP contribution in [0.3, 0.4) is 0 Å². The standard InChI is InChI=1S/C19H17ClN4O4S/c1-27-18(25)15-13(7-9-29-15)21-19(26)24-8-3-6-14(24)17-22-16(23-28-17)11-4-2-5-12(20)10-11/h2,4-5,7,9-10,14H,3,6,8H2,1H3,(H,21,26)/t14-/m0/s1. The highest BCUT2D eigenvalue weighted by Crippen LogP contribution is 2.33. The Kier molecular flexibility index (Phi) is 5.50. The molecule has 10 heteroatoms. The van der Waals surface area contributed by atoms with E-state index in [0.717, 1.165) is 12.0 Å². The van der Waals surface area contributed by atoms with Gasteiger partial charge in [0.15, 0.2) is 0 Å². The lowest BCUT2D eigenvalue weighted by atomic mass is 10.2. The minimum Gasteiger partial charge on any atom is -0.465 e. The van der Waals surface area contributed by atoms with Gasteiger partial charge in [0.2, 0.25) is 11.7 Å². The molecule has 0 spiro atoms. The molecule has 150 valence electrons. The molecule has 3 aromatic rings. The molecule has 1 atom stereocenters. The summed E-state index contributed by atoms with van der Waals surface area (Å²) in [6.07, 6.45) is 1.51. The molecule has 1 saturated heterocycles. The van der Waals surface area contributed by atoms with Gasteiger partial charge in [0.05, 0.1) is 12.8 Å². The number of rotatable bonds is 4. The van der Waals surface area contributed by atoms with Crippen LogP contribution in [0, 0.1) is 0 Å². The molecule has 3 heterocycles. The minimum atomic E-state index is -0.490. The van der Waals surface area contributed by atoms with Crippen molar-refractivity contribution in [3.05, 3.63) is 51.5 Å². The number of hydrogen-bond acceptors (Lipinski definition) is 7. The maximum absolute atomic E-state index is 12.8. The molecule has 1 aromatic carbocycles. The second-order valence-electron chi connectivity index (χ2n) is 6.40. The highest BCUT2D eigenvalue weighted by Gasteiger charge is 2.34. The number of likely N-dealkylation sites (tertiary alicyclic amines) is 1. The third kappa shape index (κ3) is 3.96. The van der Waals surface area contributed by atoms with E-state index in [1.807, 2.05) is 12.1 Å². The van der Waals surface area contributed by atoms with E-state index in [2.05, 4.69) is 15.5 Å². The molecule has 8 nitrogen and oxygen atoms in total. The normalized spacial score (nSPS) is 16.1. The number of nitrogens with one attached hydrogen (secondary N) is 1. The Labute approximate surface area is 175 Å². The first kappa shape index (κ1) is 19.4. The van der Waals surface area contributed by atoms with Crippen LogP contribution in [-0.2, 0) is 4.74 Å². The van der Waals surface area contributed by atoms with E-state index < -0.39 is 5.97 Å². The Morgan fingerprint density at radius 2 is 2.24 bits per heavy atom. The number of esters is 1. The first-order valence-electron chi connectivity index (χ1n) is 8.90. The van der Waals surface area contributed by atoms with Gasteiger partial charge in [-0.2, -0.15) is 4.98 Å². The van der Waals surface area contributed by atoms with Crippen LogP contribution in [0.5, 0.6) is 0 Å². The van der Waals surface area contributed by atoms with Crippen LogP contribution in [0.15, 0.2) is 40.2 Å². The van der Waals surface area contributed by atoms with Crippen molar-refractivity contribution in [1.29, 1.82) is 0 Å². The van der Waals surface area contributed by atoms with E-state index >= 15 is 0 Å². The molecule has 4 rings (SSSR count). The van der Waals surface area contributed by atoms with Gasteiger partial charge in [0, 0.05) is 17.1 Å². The number of nitrogens with zero attached hydrogens (tertiary/aromatic N) is 3. The van der Waals surface area contributed by atoms with E-state index in [0.29, 0.717) is 40.3 Å². The molecule has 1 fully saturated rings. The Balaban J connectivity index is 1.52. The zero-order valence-electron chi connectivity index (χ0n) is 15.4. The molecule has 2 amide bonds. The number of ether oxygens (including phenoxy) is 1. The predicted molar refractivity (Wildman–Crippen MR) is 108 cm³/mol. The van der Waals surface area contributed by atoms with Crippen LogP contribution in [0.2, 0.25) is 5.02 Å². The second-order valence-corrected chi connectivity index (χ2v) is 7.76. The Morgan fingerprint density at radius 3 is 3.03 bits per heavy atom. The van der Waals surface area contributed by atoms with E-state index in [1.165, 1.54) is 18.4 Å². The smallest absolute Gasteiger partial charge is 0.350 e. The van der Waals surface area contributed by atoms with E-state index in [4.69, 9.17) is 20.9 Å². The quantitative estimate of drug-likeness (QED) is 0.604. The number of halogens is 1. The minimum absolute atomic E-state index is 0.335. The third-order valence-electron chi connectivity index (χ3n) is 4.60. The number of carbonyl (C=O) groups is 2. The number of thiophene rings is 1. The molecular formula is C19H17ClN4O4S. The summed E-state index contributed by atoms with van der Waals surface area (Å²) in [5, 5.41) is 9.11. The summed E-state index contributed by atoms with van der Waals surface area (Å²) in [5.74, 6) is 0.294. The maximum atomic E-state index is 12.8. The van der Waals surface area contributed by atoms with Gasteiger partial charge in [-0.3, -0.25) is 0 Å². The SMILES string of the molecule is COC(=O)c1sccc1NC(=O)N1CCC[C@H]1c1nc(-c2cccc(Cl)c2)no1. The van der Waals surface area contributed by atoms with Crippen molar-refractivity contribution >= 4 is 40.6 Å². The van der Waals surface area contributed by atoms with Gasteiger partial charge in [-0.05, 0) is 36.4 Å². The van der Waals surface area contributed by atoms with E-state index in [-0.39, 0.29) is 12.1 Å². The van der Waals surface area contributed by atoms with Gasteiger partial charge >= 0.3 is 12.0 Å². The number of benzene rings is 1. The molecule has 1 aliphatic rings. The first-order chi connectivity index (χ1) is 14.1. The van der Waals surface area contributed by atoms with Gasteiger partial charge in [-0.1, -0.05) is 28.9 Å². The van der Waals surface area contributed by atoms with Crippen molar-refractivity contribution in [3.8, 4) is 11.4 Å². The average molecular weight is 433 g/mol. The number of aromatic nitrogens is 2. The fraction of sp³-hybridized carbons (Fsp3) is 0.263. The van der Waals surface area contributed by atoms with Crippen LogP contribution in [0.25, 0.3) is 11.4 Å². The van der Waals surface area contributed by atoms with Crippen molar-refractivity contribution < 1.29 is 18.8 Å². The summed E-state index contributed by atoms with van der Waals surface area (Å²) in [5.41, 5.74) is 1.16. The fourth-order valence-electron chi connectivity index (χ4n) is 3.23. The number of anilines is 1. The first-order valence-corrected chi connectivity index (χ1v) is 10.2. The topological polar surface area (TPSA) is 97.6 Å². The lowest BCUT2D eigenvalue weighted by Crippen LogP contribution is -2.34. The second kappa shape index (κ2) is 8.22. The van der Waals surface area contributed by atoms with Gasteiger partial charge < -0.3 is 19.5 Å². The molecule has 0 radical (unpaired) electrons. The summed E-state index contributed by atoms with van der Waals surface area (Å²) in [6.45, 7) is 0.545. The van der Waals surface area contributed by atoms with E-state index in [1.54, 1.807) is 28.5 Å². The molecule has 0 unspecified atom stereocenters. The zero-order valence-corrected chi connectivity index (χ0v) is 17.0. The summed E-state index contributed by atoms with van der Waals surface area (Å²) in [6, 6.07) is 8.16. The monoisotopic (exact) mass is 432 g/mol. The number of carbonyl (C=O) groups excluding carboxylic acids is 2. The molecule has 1 N–H and O–H groups in total. The lowest BCUT2D eigenvalue weighted by molar-refractivity contribution is 0.0607. The summed E-state index contributed by atoms with van der Waals surface area (Å²) >= 11 is 7.23. The van der Waals surface area contributed by atoms with Crippen molar-refractivity contribution in [3.63, 3.8) is 0 Å². The van der Waals surface area contributed by atoms with Crippen LogP contribution >= 0.6 is 22.9 Å². The summed E-state index contributed by atoms with van der Waals surface area (Å²) in [7, 11) is 1.30. The van der Waals surface area contributed by atoms with Crippen LogP contribution in [0.1, 0.15) is 34.4 Å². The van der Waals surface area contributed by atoms with Crippen molar-refractivity contribution in [2.45, 2.75) is 18.9 Å². The number of urea groups is 1. The third-order valence-corrected chi connectivity index (χ3v) is 5.73. The summed E-state index contributed by atoms with van der Waals surface area (Å²) in [4.78, 5) is 31.1. The highest BCUT2D eigenvalue weighted by molar-refractivity contribution is 7.12. The van der Waals surface area contributed by atoms with Gasteiger partial charge in [0.25, 0.3) is 0 Å². The van der Waals surface area contributed by atoms with Gasteiger partial charge in [0.1, 0.15) is 10.9 Å². The van der Waals surface area contributed by atoms with Gasteiger partial charge in [-0.15, -0.1) is 11.3 Å². The number of methoxy groups -OCH3 is 1.